The van der Waals surface area contributed by atoms with Crippen LogP contribution in [0, 0.1) is 6.92 Å². The molecule has 3 heteroatoms. The summed E-state index contributed by atoms with van der Waals surface area (Å²) in [6.07, 6.45) is 1.96. The fourth-order valence-electron chi connectivity index (χ4n) is 4.13. The van der Waals surface area contributed by atoms with E-state index in [-0.39, 0.29) is 5.41 Å². The third-order valence-electron chi connectivity index (χ3n) is 5.64. The molecule has 0 saturated heterocycles. The molecule has 0 unspecified atom stereocenters. The second-order valence-electron chi connectivity index (χ2n) is 8.52. The van der Waals surface area contributed by atoms with Crippen molar-refractivity contribution in [2.75, 3.05) is 0 Å². The van der Waals surface area contributed by atoms with E-state index in [0.29, 0.717) is 0 Å². The first-order valence-corrected chi connectivity index (χ1v) is 10.2. The van der Waals surface area contributed by atoms with Crippen LogP contribution in [0.5, 0.6) is 0 Å². The number of benzene rings is 3. The molecule has 0 radical (unpaired) electrons. The largest absolute Gasteiger partial charge is 0.287 e. The summed E-state index contributed by atoms with van der Waals surface area (Å²) in [5.74, 6) is 0. The summed E-state index contributed by atoms with van der Waals surface area (Å²) >= 11 is 1.89. The van der Waals surface area contributed by atoms with Crippen molar-refractivity contribution in [2.24, 2.45) is 7.05 Å². The van der Waals surface area contributed by atoms with Crippen LogP contribution >= 0.6 is 11.8 Å². The van der Waals surface area contributed by atoms with E-state index in [4.69, 9.17) is 4.98 Å². The van der Waals surface area contributed by atoms with Crippen LogP contribution in [-0.2, 0) is 12.5 Å². The molecule has 27 heavy (non-hydrogen) atoms. The molecular formula is C24H23N2S+. The highest BCUT2D eigenvalue weighted by molar-refractivity contribution is 7.99. The molecule has 1 aliphatic rings. The van der Waals surface area contributed by atoms with Gasteiger partial charge in [-0.25, -0.2) is 4.57 Å². The van der Waals surface area contributed by atoms with E-state index in [1.165, 1.54) is 48.3 Å². The van der Waals surface area contributed by atoms with Crippen molar-refractivity contribution in [1.82, 2.24) is 4.98 Å². The van der Waals surface area contributed by atoms with Gasteiger partial charge in [0.25, 0.3) is 6.33 Å². The number of rotatable bonds is 0. The Labute approximate surface area is 164 Å². The minimum Gasteiger partial charge on any atom is -0.232 e. The molecule has 3 aromatic carbocycles. The molecule has 134 valence electrons. The normalized spacial score (nSPS) is 13.2. The average Bonchev–Trinajstić information content (AvgIpc) is 2.63. The highest BCUT2D eigenvalue weighted by Gasteiger charge is 2.30. The molecule has 0 spiro atoms. The number of aryl methyl sites for hydroxylation is 2. The van der Waals surface area contributed by atoms with Gasteiger partial charge in [-0.15, -0.1) is 0 Å². The maximum absolute atomic E-state index is 4.77. The van der Waals surface area contributed by atoms with Gasteiger partial charge < -0.3 is 0 Å². The number of nitrogens with zero attached hydrogens (tertiary/aromatic N) is 2. The van der Waals surface area contributed by atoms with Crippen molar-refractivity contribution >= 4 is 33.4 Å². The van der Waals surface area contributed by atoms with Crippen LogP contribution in [0.3, 0.4) is 0 Å². The zero-order valence-electron chi connectivity index (χ0n) is 16.4. The summed E-state index contributed by atoms with van der Waals surface area (Å²) in [7, 11) is 2.11. The maximum atomic E-state index is 4.77. The van der Waals surface area contributed by atoms with Crippen molar-refractivity contribution in [3.8, 4) is 11.3 Å². The van der Waals surface area contributed by atoms with E-state index in [9.17, 15) is 0 Å². The summed E-state index contributed by atoms with van der Waals surface area (Å²) in [5, 5.41) is 3.92. The SMILES string of the molecule is Cc1c2c(cc3ccccc13)Sc1cc(C(C)(C)C)cc3nc[n+](C)c-2c13. The Hall–Kier alpha value is -2.39. The smallest absolute Gasteiger partial charge is 0.232 e. The van der Waals surface area contributed by atoms with Gasteiger partial charge in [-0.1, -0.05) is 56.8 Å². The zero-order valence-corrected chi connectivity index (χ0v) is 17.2. The van der Waals surface area contributed by atoms with Gasteiger partial charge in [0.15, 0.2) is 5.52 Å². The van der Waals surface area contributed by atoms with Crippen LogP contribution < -0.4 is 4.57 Å². The first kappa shape index (κ1) is 16.8. The van der Waals surface area contributed by atoms with E-state index >= 15 is 0 Å². The van der Waals surface area contributed by atoms with Gasteiger partial charge in [0.2, 0.25) is 0 Å². The standard InChI is InChI=1S/C24H23N2S/c1-14-17-9-7-6-8-15(17)10-19-21(14)23-22-18(25-13-26(23)5)11-16(24(2,3)4)12-20(22)27-19/h6-13H,1-5H3/q+1. The molecule has 5 rings (SSSR count). The summed E-state index contributed by atoms with van der Waals surface area (Å²) in [4.78, 5) is 7.43. The lowest BCUT2D eigenvalue weighted by molar-refractivity contribution is -0.662. The number of aromatic nitrogens is 2. The molecule has 0 N–H and O–H groups in total. The summed E-state index contributed by atoms with van der Waals surface area (Å²) in [6, 6.07) is 15.7. The lowest BCUT2D eigenvalue weighted by Crippen LogP contribution is -2.33. The minimum atomic E-state index is 0.102. The Balaban J connectivity index is 1.94. The molecule has 2 nitrogen and oxygen atoms in total. The fraction of sp³-hybridized carbons (Fsp3) is 0.250. The van der Waals surface area contributed by atoms with Crippen LogP contribution in [0.2, 0.25) is 0 Å². The molecule has 0 aliphatic carbocycles. The summed E-state index contributed by atoms with van der Waals surface area (Å²) < 4.78 is 2.18. The van der Waals surface area contributed by atoms with Crippen LogP contribution in [0.15, 0.2) is 58.6 Å². The van der Waals surface area contributed by atoms with Gasteiger partial charge in [-0.2, -0.15) is 0 Å². The topological polar surface area (TPSA) is 16.8 Å². The summed E-state index contributed by atoms with van der Waals surface area (Å²) in [5.41, 5.74) is 6.52. The second-order valence-corrected chi connectivity index (χ2v) is 9.60. The van der Waals surface area contributed by atoms with Gasteiger partial charge in [0.1, 0.15) is 5.69 Å². The first-order valence-electron chi connectivity index (χ1n) is 9.38. The molecule has 0 amide bonds. The fourth-order valence-corrected chi connectivity index (χ4v) is 5.39. The van der Waals surface area contributed by atoms with E-state index in [0.717, 1.165) is 5.52 Å². The van der Waals surface area contributed by atoms with Crippen molar-refractivity contribution in [2.45, 2.75) is 42.9 Å². The third-order valence-corrected chi connectivity index (χ3v) is 6.72. The van der Waals surface area contributed by atoms with Gasteiger partial charge in [-0.3, -0.25) is 0 Å². The number of fused-ring (bicyclic) bond motifs is 3. The Kier molecular flexibility index (Phi) is 3.45. The molecule has 4 aromatic rings. The molecule has 0 atom stereocenters. The second kappa shape index (κ2) is 5.56. The monoisotopic (exact) mass is 371 g/mol. The van der Waals surface area contributed by atoms with Gasteiger partial charge in [-0.05, 0) is 57.4 Å². The molecule has 0 fully saturated rings. The minimum absolute atomic E-state index is 0.102. The van der Waals surface area contributed by atoms with Crippen LogP contribution in [0.1, 0.15) is 31.9 Å². The van der Waals surface area contributed by atoms with Crippen molar-refractivity contribution < 1.29 is 4.57 Å². The van der Waals surface area contributed by atoms with Crippen molar-refractivity contribution in [1.29, 1.82) is 0 Å². The highest BCUT2D eigenvalue weighted by Crippen LogP contribution is 2.49. The molecule has 1 aromatic heterocycles. The van der Waals surface area contributed by atoms with E-state index in [2.05, 4.69) is 81.8 Å². The molecular weight excluding hydrogens is 348 g/mol. The van der Waals surface area contributed by atoms with Gasteiger partial charge in [0.05, 0.1) is 12.4 Å². The van der Waals surface area contributed by atoms with Crippen LogP contribution in [-0.4, -0.2) is 4.98 Å². The van der Waals surface area contributed by atoms with Gasteiger partial charge in [0, 0.05) is 15.4 Å². The number of hydrogen-bond donors (Lipinski definition) is 0. The van der Waals surface area contributed by atoms with E-state index < -0.39 is 0 Å². The van der Waals surface area contributed by atoms with Gasteiger partial charge >= 0.3 is 0 Å². The number of hydrogen-bond acceptors (Lipinski definition) is 2. The van der Waals surface area contributed by atoms with Crippen molar-refractivity contribution in [3.63, 3.8) is 0 Å². The molecule has 0 bridgehead atoms. The van der Waals surface area contributed by atoms with E-state index in [1.54, 1.807) is 0 Å². The zero-order chi connectivity index (χ0) is 18.9. The Morgan fingerprint density at radius 3 is 2.56 bits per heavy atom. The Morgan fingerprint density at radius 1 is 1.00 bits per heavy atom. The molecule has 0 saturated carbocycles. The summed E-state index contributed by atoms with van der Waals surface area (Å²) in [6.45, 7) is 9.06. The highest BCUT2D eigenvalue weighted by atomic mass is 32.2. The maximum Gasteiger partial charge on any atom is 0.287 e. The predicted molar refractivity (Wildman–Crippen MR) is 113 cm³/mol. The van der Waals surface area contributed by atoms with Crippen LogP contribution in [0.25, 0.3) is 32.9 Å². The van der Waals surface area contributed by atoms with Crippen LogP contribution in [0.4, 0.5) is 0 Å². The molecule has 2 heterocycles. The Morgan fingerprint density at radius 2 is 1.78 bits per heavy atom. The Bertz CT molecular complexity index is 1250. The average molecular weight is 372 g/mol. The van der Waals surface area contributed by atoms with E-state index in [1.807, 2.05) is 18.1 Å². The quantitative estimate of drug-likeness (QED) is 0.313. The lowest BCUT2D eigenvalue weighted by atomic mass is 9.86. The lowest BCUT2D eigenvalue weighted by Gasteiger charge is -2.24. The van der Waals surface area contributed by atoms with Crippen molar-refractivity contribution in [3.05, 3.63) is 59.9 Å². The predicted octanol–water partition coefficient (Wildman–Crippen LogP) is 5.95. The third kappa shape index (κ3) is 2.41. The molecule has 1 aliphatic heterocycles. The first-order chi connectivity index (χ1) is 12.8.